The molecule has 0 radical (unpaired) electrons. The average molecular weight is 282 g/mol. The number of piperazine rings is 1. The van der Waals surface area contributed by atoms with Gasteiger partial charge in [0.25, 0.3) is 0 Å². The van der Waals surface area contributed by atoms with E-state index >= 15 is 0 Å². The third-order valence-corrected chi connectivity index (χ3v) is 4.06. The van der Waals surface area contributed by atoms with Crippen molar-refractivity contribution in [1.82, 2.24) is 10.2 Å². The number of nitrogens with one attached hydrogen (secondary N) is 1. The van der Waals surface area contributed by atoms with E-state index < -0.39 is 6.04 Å². The van der Waals surface area contributed by atoms with Crippen LogP contribution in [0.2, 0.25) is 0 Å². The summed E-state index contributed by atoms with van der Waals surface area (Å²) in [5.41, 5.74) is 0. The maximum absolute atomic E-state index is 12.4. The van der Waals surface area contributed by atoms with Gasteiger partial charge in [-0.2, -0.15) is 0 Å². The highest BCUT2D eigenvalue weighted by molar-refractivity contribution is 5.97. The van der Waals surface area contributed by atoms with Crippen LogP contribution in [-0.4, -0.2) is 34.8 Å². The minimum Gasteiger partial charge on any atom is -0.343 e. The number of nitrogens with zero attached hydrogens (tertiary/aromatic N) is 1. The Morgan fingerprint density at radius 3 is 2.20 bits per heavy atom. The minimum atomic E-state index is -0.398. The first-order valence-electron chi connectivity index (χ1n) is 7.88. The molecule has 4 heteroatoms. The SMILES string of the molecule is CC(C)CCCC(C)N1C(=O)C(C)NC(=O)C1C(C)C. The van der Waals surface area contributed by atoms with Crippen molar-refractivity contribution in [1.29, 1.82) is 0 Å². The van der Waals surface area contributed by atoms with Gasteiger partial charge in [0.2, 0.25) is 11.8 Å². The van der Waals surface area contributed by atoms with E-state index in [-0.39, 0.29) is 29.8 Å². The average Bonchev–Trinajstić information content (AvgIpc) is 2.32. The van der Waals surface area contributed by atoms with Crippen LogP contribution in [0.5, 0.6) is 0 Å². The molecule has 4 nitrogen and oxygen atoms in total. The second kappa shape index (κ2) is 7.09. The molecule has 2 amide bonds. The Labute approximate surface area is 123 Å². The van der Waals surface area contributed by atoms with Crippen LogP contribution >= 0.6 is 0 Å². The van der Waals surface area contributed by atoms with Crippen LogP contribution in [0.3, 0.4) is 0 Å². The van der Waals surface area contributed by atoms with Crippen molar-refractivity contribution in [3.63, 3.8) is 0 Å². The van der Waals surface area contributed by atoms with Crippen LogP contribution in [0.25, 0.3) is 0 Å². The highest BCUT2D eigenvalue weighted by Crippen LogP contribution is 2.23. The van der Waals surface area contributed by atoms with Crippen molar-refractivity contribution in [3.8, 4) is 0 Å². The molecule has 3 atom stereocenters. The van der Waals surface area contributed by atoms with Crippen LogP contribution in [0.15, 0.2) is 0 Å². The van der Waals surface area contributed by atoms with Crippen LogP contribution in [-0.2, 0) is 9.59 Å². The van der Waals surface area contributed by atoms with Crippen molar-refractivity contribution in [2.45, 2.75) is 78.9 Å². The van der Waals surface area contributed by atoms with E-state index in [1.807, 2.05) is 18.7 Å². The van der Waals surface area contributed by atoms with E-state index in [9.17, 15) is 9.59 Å². The number of hydrogen-bond donors (Lipinski definition) is 1. The molecule has 0 spiro atoms. The molecule has 0 aromatic carbocycles. The quantitative estimate of drug-likeness (QED) is 0.814. The summed E-state index contributed by atoms with van der Waals surface area (Å²) in [7, 11) is 0. The molecule has 0 aromatic rings. The second-order valence-corrected chi connectivity index (χ2v) is 6.84. The Morgan fingerprint density at radius 2 is 1.70 bits per heavy atom. The number of rotatable bonds is 6. The maximum atomic E-state index is 12.4. The van der Waals surface area contributed by atoms with Gasteiger partial charge in [-0.25, -0.2) is 0 Å². The van der Waals surface area contributed by atoms with E-state index in [1.165, 1.54) is 6.42 Å². The van der Waals surface area contributed by atoms with Crippen molar-refractivity contribution < 1.29 is 9.59 Å². The second-order valence-electron chi connectivity index (χ2n) is 6.84. The third-order valence-electron chi connectivity index (χ3n) is 4.06. The molecule has 3 unspecified atom stereocenters. The van der Waals surface area contributed by atoms with Gasteiger partial charge in [-0.05, 0) is 32.1 Å². The molecular weight excluding hydrogens is 252 g/mol. The zero-order valence-corrected chi connectivity index (χ0v) is 13.8. The van der Waals surface area contributed by atoms with Crippen LogP contribution in [0.4, 0.5) is 0 Å². The lowest BCUT2D eigenvalue weighted by Crippen LogP contribution is -2.66. The Kier molecular flexibility index (Phi) is 6.03. The monoisotopic (exact) mass is 282 g/mol. The summed E-state index contributed by atoms with van der Waals surface area (Å²) in [6.07, 6.45) is 3.23. The van der Waals surface area contributed by atoms with Gasteiger partial charge in [0, 0.05) is 6.04 Å². The predicted molar refractivity (Wildman–Crippen MR) is 81.2 cm³/mol. The number of carbonyl (C=O) groups is 2. The fourth-order valence-electron chi connectivity index (χ4n) is 2.92. The number of carbonyl (C=O) groups excluding carboxylic acids is 2. The lowest BCUT2D eigenvalue weighted by Gasteiger charge is -2.43. The molecule has 0 aromatic heterocycles. The Hall–Kier alpha value is -1.06. The van der Waals surface area contributed by atoms with Crippen molar-refractivity contribution in [2.24, 2.45) is 11.8 Å². The van der Waals surface area contributed by atoms with Crippen LogP contribution in [0, 0.1) is 11.8 Å². The zero-order valence-electron chi connectivity index (χ0n) is 13.8. The molecular formula is C16H30N2O2. The Bertz CT molecular complexity index is 352. The molecule has 0 bridgehead atoms. The molecule has 1 rings (SSSR count). The number of hydrogen-bond acceptors (Lipinski definition) is 2. The molecule has 20 heavy (non-hydrogen) atoms. The normalized spacial score (nSPS) is 25.3. The smallest absolute Gasteiger partial charge is 0.245 e. The molecule has 1 aliphatic heterocycles. The van der Waals surface area contributed by atoms with E-state index in [2.05, 4.69) is 26.1 Å². The molecule has 1 aliphatic rings. The highest BCUT2D eigenvalue weighted by atomic mass is 16.2. The molecule has 1 fully saturated rings. The fraction of sp³-hybridized carbons (Fsp3) is 0.875. The Morgan fingerprint density at radius 1 is 1.10 bits per heavy atom. The molecule has 0 aliphatic carbocycles. The standard InChI is InChI=1S/C16H30N2O2/c1-10(2)8-7-9-12(5)18-14(11(3)4)15(19)17-13(6)16(18)20/h10-14H,7-9H2,1-6H3,(H,17,19). The van der Waals surface area contributed by atoms with Crippen molar-refractivity contribution in [2.75, 3.05) is 0 Å². The first-order valence-corrected chi connectivity index (χ1v) is 7.88. The molecule has 0 saturated carbocycles. The summed E-state index contributed by atoms with van der Waals surface area (Å²) in [6, 6.07) is -0.597. The van der Waals surface area contributed by atoms with Gasteiger partial charge in [0.15, 0.2) is 0 Å². The van der Waals surface area contributed by atoms with Crippen molar-refractivity contribution >= 4 is 11.8 Å². The highest BCUT2D eigenvalue weighted by Gasteiger charge is 2.42. The molecule has 116 valence electrons. The van der Waals surface area contributed by atoms with Gasteiger partial charge in [0.1, 0.15) is 12.1 Å². The fourth-order valence-corrected chi connectivity index (χ4v) is 2.92. The lowest BCUT2D eigenvalue weighted by molar-refractivity contribution is -0.153. The van der Waals surface area contributed by atoms with Gasteiger partial charge in [-0.3, -0.25) is 9.59 Å². The van der Waals surface area contributed by atoms with Gasteiger partial charge >= 0.3 is 0 Å². The van der Waals surface area contributed by atoms with E-state index in [0.29, 0.717) is 5.92 Å². The summed E-state index contributed by atoms with van der Waals surface area (Å²) in [5.74, 6) is 0.865. The van der Waals surface area contributed by atoms with Crippen LogP contribution in [0.1, 0.15) is 60.8 Å². The largest absolute Gasteiger partial charge is 0.343 e. The first-order chi connectivity index (χ1) is 9.25. The summed E-state index contributed by atoms with van der Waals surface area (Å²) >= 11 is 0. The summed E-state index contributed by atoms with van der Waals surface area (Å²) in [5, 5.41) is 2.79. The lowest BCUT2D eigenvalue weighted by atomic mass is 9.94. The maximum Gasteiger partial charge on any atom is 0.245 e. The predicted octanol–water partition coefficient (Wildman–Crippen LogP) is 2.57. The van der Waals surface area contributed by atoms with Gasteiger partial charge in [-0.15, -0.1) is 0 Å². The topological polar surface area (TPSA) is 49.4 Å². The number of amides is 2. The van der Waals surface area contributed by atoms with Gasteiger partial charge < -0.3 is 10.2 Å². The van der Waals surface area contributed by atoms with Crippen molar-refractivity contribution in [3.05, 3.63) is 0 Å². The molecule has 1 heterocycles. The molecule has 1 saturated heterocycles. The van der Waals surface area contributed by atoms with E-state index in [4.69, 9.17) is 0 Å². The minimum absolute atomic E-state index is 0.0113. The van der Waals surface area contributed by atoms with Crippen LogP contribution < -0.4 is 5.32 Å². The summed E-state index contributed by atoms with van der Waals surface area (Å²) in [4.78, 5) is 26.4. The van der Waals surface area contributed by atoms with Gasteiger partial charge in [-0.1, -0.05) is 40.5 Å². The first kappa shape index (κ1) is 17.0. The zero-order chi connectivity index (χ0) is 15.4. The van der Waals surface area contributed by atoms with E-state index in [1.54, 1.807) is 6.92 Å². The summed E-state index contributed by atoms with van der Waals surface area (Å²) in [6.45, 7) is 12.3. The third kappa shape index (κ3) is 3.97. The van der Waals surface area contributed by atoms with Gasteiger partial charge in [0.05, 0.1) is 0 Å². The molecule has 1 N–H and O–H groups in total. The Balaban J connectivity index is 2.78. The summed E-state index contributed by atoms with van der Waals surface area (Å²) < 4.78 is 0. The van der Waals surface area contributed by atoms with E-state index in [0.717, 1.165) is 12.8 Å².